The molecular formula is C45H44N2O3. The van der Waals surface area contributed by atoms with Crippen LogP contribution in [-0.2, 0) is 17.9 Å². The van der Waals surface area contributed by atoms with Gasteiger partial charge in [-0.25, -0.2) is 0 Å². The van der Waals surface area contributed by atoms with Crippen molar-refractivity contribution in [3.8, 4) is 0 Å². The van der Waals surface area contributed by atoms with Crippen LogP contribution in [0.25, 0.3) is 33.1 Å². The predicted molar refractivity (Wildman–Crippen MR) is 202 cm³/mol. The van der Waals surface area contributed by atoms with Gasteiger partial charge in [0.1, 0.15) is 22.7 Å². The van der Waals surface area contributed by atoms with Crippen molar-refractivity contribution >= 4 is 38.9 Å². The first-order chi connectivity index (χ1) is 24.6. The van der Waals surface area contributed by atoms with Crippen molar-refractivity contribution in [3.05, 3.63) is 156 Å². The Balaban J connectivity index is 1.10. The summed E-state index contributed by atoms with van der Waals surface area (Å²) >= 11 is 0. The zero-order chi connectivity index (χ0) is 33.7. The Morgan fingerprint density at radius 3 is 1.32 bits per heavy atom. The molecule has 0 amide bonds. The number of hydrogen-bond acceptors (Lipinski definition) is 5. The molecule has 50 heavy (non-hydrogen) atoms. The molecule has 0 spiro atoms. The van der Waals surface area contributed by atoms with E-state index < -0.39 is 0 Å². The molecular weight excluding hydrogens is 617 g/mol. The van der Waals surface area contributed by atoms with Crippen LogP contribution in [0.3, 0.4) is 0 Å². The maximum atomic E-state index is 15.1. The van der Waals surface area contributed by atoms with Crippen LogP contribution in [0.5, 0.6) is 0 Å². The third-order valence-electron chi connectivity index (χ3n) is 10.4. The van der Waals surface area contributed by atoms with Crippen molar-refractivity contribution in [1.82, 2.24) is 9.80 Å². The minimum Gasteiger partial charge on any atom is -0.456 e. The molecule has 0 saturated carbocycles. The van der Waals surface area contributed by atoms with Crippen molar-refractivity contribution in [3.63, 3.8) is 0 Å². The largest absolute Gasteiger partial charge is 0.456 e. The molecule has 0 atom stereocenters. The van der Waals surface area contributed by atoms with Gasteiger partial charge in [0, 0.05) is 23.9 Å². The minimum absolute atomic E-state index is 0.0263. The summed E-state index contributed by atoms with van der Waals surface area (Å²) in [5.41, 5.74) is 5.53. The van der Waals surface area contributed by atoms with Crippen LogP contribution >= 0.6 is 0 Å². The van der Waals surface area contributed by atoms with Gasteiger partial charge < -0.3 is 8.83 Å². The van der Waals surface area contributed by atoms with Gasteiger partial charge in [0.15, 0.2) is 5.78 Å². The maximum Gasteiger partial charge on any atom is 0.199 e. The number of nitrogens with zero attached hydrogens (tertiary/aromatic N) is 2. The fourth-order valence-corrected chi connectivity index (χ4v) is 7.62. The van der Waals surface area contributed by atoms with Gasteiger partial charge in [-0.1, -0.05) is 109 Å². The molecule has 4 heterocycles. The molecule has 2 aliphatic heterocycles. The highest BCUT2D eigenvalue weighted by Gasteiger charge is 2.29. The quantitative estimate of drug-likeness (QED) is 0.137. The second-order valence-corrected chi connectivity index (χ2v) is 14.0. The van der Waals surface area contributed by atoms with Crippen LogP contribution in [0.4, 0.5) is 0 Å². The molecule has 0 unspecified atom stereocenters. The van der Waals surface area contributed by atoms with Gasteiger partial charge >= 0.3 is 0 Å². The Kier molecular flexibility index (Phi) is 9.59. The monoisotopic (exact) mass is 660 g/mol. The predicted octanol–water partition coefficient (Wildman–Crippen LogP) is 10.0. The van der Waals surface area contributed by atoms with Crippen LogP contribution in [0.2, 0.25) is 0 Å². The van der Waals surface area contributed by atoms with Crippen LogP contribution in [-0.4, -0.2) is 41.8 Å². The third-order valence-corrected chi connectivity index (χ3v) is 10.4. The van der Waals surface area contributed by atoms with E-state index in [9.17, 15) is 0 Å². The molecule has 2 aliphatic rings. The van der Waals surface area contributed by atoms with E-state index in [0.29, 0.717) is 22.7 Å². The van der Waals surface area contributed by atoms with Gasteiger partial charge in [0.2, 0.25) is 0 Å². The number of carbonyl (C=O) groups excluding carboxylic acids is 1. The summed E-state index contributed by atoms with van der Waals surface area (Å²) in [6, 6.07) is 41.5. The number of ketones is 1. The lowest BCUT2D eigenvalue weighted by molar-refractivity contribution is -0.109. The molecule has 5 nitrogen and oxygen atoms in total. The first kappa shape index (κ1) is 32.2. The van der Waals surface area contributed by atoms with Gasteiger partial charge in [-0.2, -0.15) is 0 Å². The van der Waals surface area contributed by atoms with Crippen LogP contribution in [0.15, 0.2) is 142 Å². The van der Waals surface area contributed by atoms with Crippen molar-refractivity contribution < 1.29 is 13.6 Å². The molecule has 0 bridgehead atoms. The molecule has 5 heteroatoms. The molecule has 4 aromatic carbocycles. The van der Waals surface area contributed by atoms with E-state index in [1.807, 2.05) is 60.7 Å². The van der Waals surface area contributed by atoms with Gasteiger partial charge in [-0.3, -0.25) is 14.6 Å². The van der Waals surface area contributed by atoms with Gasteiger partial charge in [0.05, 0.1) is 11.1 Å². The van der Waals surface area contributed by atoms with E-state index in [0.717, 1.165) is 86.9 Å². The first-order valence-corrected chi connectivity index (χ1v) is 18.1. The molecule has 2 aromatic heterocycles. The molecule has 0 aliphatic carbocycles. The van der Waals surface area contributed by atoms with Gasteiger partial charge in [-0.05, 0) is 99.1 Å². The smallest absolute Gasteiger partial charge is 0.199 e. The van der Waals surface area contributed by atoms with Crippen molar-refractivity contribution in [2.75, 3.05) is 26.2 Å². The summed E-state index contributed by atoms with van der Waals surface area (Å²) in [5.74, 6) is 1.77. The van der Waals surface area contributed by atoms with Crippen LogP contribution < -0.4 is 0 Å². The van der Waals surface area contributed by atoms with E-state index in [-0.39, 0.29) is 17.6 Å². The number of carbonyl (C=O) groups is 1. The Labute approximate surface area is 294 Å². The fraction of sp³-hybridized carbons (Fsp3) is 0.267. The van der Waals surface area contributed by atoms with Crippen molar-refractivity contribution in [2.24, 2.45) is 11.8 Å². The number of fused-ring (bicyclic) bond motifs is 2. The van der Waals surface area contributed by atoms with E-state index in [2.05, 4.69) is 82.6 Å². The number of likely N-dealkylation sites (tertiary alicyclic amines) is 2. The molecule has 2 saturated heterocycles. The molecule has 0 N–H and O–H groups in total. The van der Waals surface area contributed by atoms with Gasteiger partial charge in [-0.15, -0.1) is 0 Å². The highest BCUT2D eigenvalue weighted by atomic mass is 16.3. The number of para-hydroxylation sites is 2. The summed E-state index contributed by atoms with van der Waals surface area (Å²) in [6.07, 6.45) is 8.39. The topological polar surface area (TPSA) is 49.8 Å². The second kappa shape index (κ2) is 14.9. The SMILES string of the molecule is O=C(C(=CC1CCN(Cc2ccccc2)CC1)c1cc2ccccc2o1)C(=CC1CCN(Cc2ccccc2)CC1)c1cc2ccccc2o1. The maximum absolute atomic E-state index is 15.1. The lowest BCUT2D eigenvalue weighted by Gasteiger charge is -2.31. The zero-order valence-corrected chi connectivity index (χ0v) is 28.5. The Morgan fingerprint density at radius 2 is 0.920 bits per heavy atom. The molecule has 2 fully saturated rings. The molecule has 6 aromatic rings. The van der Waals surface area contributed by atoms with Crippen LogP contribution in [0.1, 0.15) is 48.3 Å². The standard InChI is InChI=1S/C45H44N2O3/c48-45(39(43-29-37-15-7-9-17-41(37)49-43)27-33-19-23-46(24-20-33)31-35-11-3-1-4-12-35)40(44-30-38-16-8-10-18-42(38)50-44)28-34-21-25-47(26-22-34)32-36-13-5-2-6-14-36/h1-18,27-30,33-34H,19-26,31-32H2. The van der Waals surface area contributed by atoms with E-state index in [1.54, 1.807) is 0 Å². The minimum atomic E-state index is -0.0263. The Hall–Kier alpha value is -4.97. The van der Waals surface area contributed by atoms with E-state index in [4.69, 9.17) is 8.83 Å². The number of furan rings is 2. The summed E-state index contributed by atoms with van der Waals surface area (Å²) in [4.78, 5) is 20.1. The first-order valence-electron chi connectivity index (χ1n) is 18.1. The second-order valence-electron chi connectivity index (χ2n) is 14.0. The number of piperidine rings is 2. The van der Waals surface area contributed by atoms with Gasteiger partial charge in [0.25, 0.3) is 0 Å². The number of hydrogen-bond donors (Lipinski definition) is 0. The molecule has 8 rings (SSSR count). The molecule has 0 radical (unpaired) electrons. The number of benzene rings is 4. The zero-order valence-electron chi connectivity index (χ0n) is 28.5. The lowest BCUT2D eigenvalue weighted by Crippen LogP contribution is -2.33. The fourth-order valence-electron chi connectivity index (χ4n) is 7.62. The van der Waals surface area contributed by atoms with Crippen LogP contribution in [0, 0.1) is 11.8 Å². The van der Waals surface area contributed by atoms with E-state index in [1.165, 1.54) is 11.1 Å². The average Bonchev–Trinajstić information content (AvgIpc) is 3.79. The highest BCUT2D eigenvalue weighted by molar-refractivity contribution is 6.41. The van der Waals surface area contributed by atoms with Crippen molar-refractivity contribution in [1.29, 1.82) is 0 Å². The number of allylic oxidation sites excluding steroid dienone is 4. The number of rotatable bonds is 10. The highest BCUT2D eigenvalue weighted by Crippen LogP contribution is 2.36. The van der Waals surface area contributed by atoms with E-state index >= 15 is 4.79 Å². The Bertz CT molecular complexity index is 1890. The summed E-state index contributed by atoms with van der Waals surface area (Å²) < 4.78 is 12.9. The Morgan fingerprint density at radius 1 is 0.540 bits per heavy atom. The third kappa shape index (κ3) is 7.45. The van der Waals surface area contributed by atoms with Crippen molar-refractivity contribution in [2.45, 2.75) is 38.8 Å². The average molecular weight is 661 g/mol. The summed E-state index contributed by atoms with van der Waals surface area (Å²) in [6.45, 7) is 5.87. The summed E-state index contributed by atoms with van der Waals surface area (Å²) in [5, 5.41) is 2.00. The normalized spacial score (nSPS) is 17.5. The summed E-state index contributed by atoms with van der Waals surface area (Å²) in [7, 11) is 0. The number of Topliss-reactive ketones (excluding diaryl/α,β-unsaturated/α-hetero) is 1. The lowest BCUT2D eigenvalue weighted by atomic mass is 9.87. The molecule has 252 valence electrons.